The van der Waals surface area contributed by atoms with Crippen LogP contribution in [0, 0.1) is 6.92 Å². The molecule has 9 heteroatoms. The van der Waals surface area contributed by atoms with Crippen LogP contribution in [0.1, 0.15) is 26.6 Å². The summed E-state index contributed by atoms with van der Waals surface area (Å²) in [6.45, 7) is 7.28. The molecule has 0 atom stereocenters. The van der Waals surface area contributed by atoms with Crippen LogP contribution in [0.5, 0.6) is 0 Å². The number of carbonyl (C=O) groups is 2. The molecule has 2 aromatic rings. The van der Waals surface area contributed by atoms with Crippen molar-refractivity contribution in [1.82, 2.24) is 14.5 Å². The number of rotatable bonds is 4. The second-order valence-electron chi connectivity index (χ2n) is 7.54. The number of ether oxygens (including phenoxy) is 1. The summed E-state index contributed by atoms with van der Waals surface area (Å²) in [5.74, 6) is 0.180. The lowest BCUT2D eigenvalue weighted by Crippen LogP contribution is -2.45. The molecule has 0 radical (unpaired) electrons. The summed E-state index contributed by atoms with van der Waals surface area (Å²) in [6, 6.07) is 6.14. The number of halogens is 1. The zero-order chi connectivity index (χ0) is 21.9. The van der Waals surface area contributed by atoms with E-state index in [4.69, 9.17) is 11.6 Å². The lowest BCUT2D eigenvalue weighted by Gasteiger charge is -2.32. The van der Waals surface area contributed by atoms with Crippen LogP contribution < -0.4 is 10.9 Å². The van der Waals surface area contributed by atoms with E-state index < -0.39 is 6.09 Å². The van der Waals surface area contributed by atoms with Gasteiger partial charge in [0.25, 0.3) is 5.56 Å². The van der Waals surface area contributed by atoms with E-state index in [-0.39, 0.29) is 23.6 Å². The van der Waals surface area contributed by atoms with E-state index in [1.54, 1.807) is 31.0 Å². The van der Waals surface area contributed by atoms with Crippen LogP contribution in [0.3, 0.4) is 0 Å². The highest BCUT2D eigenvalue weighted by molar-refractivity contribution is 6.31. The van der Waals surface area contributed by atoms with Crippen molar-refractivity contribution in [2.24, 2.45) is 0 Å². The summed E-state index contributed by atoms with van der Waals surface area (Å²) < 4.78 is 5.94. The van der Waals surface area contributed by atoms with Gasteiger partial charge in [-0.1, -0.05) is 11.6 Å². The number of hydrogen-bond donors (Lipinski definition) is 1. The number of anilines is 1. The number of aryl methyl sites for hydroxylation is 1. The first kappa shape index (κ1) is 22.4. The Labute approximate surface area is 174 Å². The molecule has 0 bridgehead atoms. The summed E-state index contributed by atoms with van der Waals surface area (Å²) in [5, 5.41) is 2.97. The van der Waals surface area contributed by atoms with Crippen LogP contribution in [-0.4, -0.2) is 46.1 Å². The molecule has 1 N–H and O–H groups in total. The van der Waals surface area contributed by atoms with Crippen molar-refractivity contribution in [2.75, 3.05) is 19.5 Å². The van der Waals surface area contributed by atoms with E-state index in [2.05, 4.69) is 15.0 Å². The van der Waals surface area contributed by atoms with E-state index in [0.29, 0.717) is 27.8 Å². The number of likely N-dealkylation sites (N-methyl/N-ethyl adjacent to an activating group) is 1. The maximum atomic E-state index is 12.7. The molecule has 2 rings (SSSR count). The highest BCUT2D eigenvalue weighted by Gasteiger charge is 2.23. The van der Waals surface area contributed by atoms with Gasteiger partial charge in [-0.3, -0.25) is 19.5 Å². The quantitative estimate of drug-likeness (QED) is 0.818. The average Bonchev–Trinajstić information content (AvgIpc) is 2.62. The topological polar surface area (TPSA) is 93.5 Å². The molecule has 0 fully saturated rings. The number of nitrogens with one attached hydrogen (secondary N) is 1. The Morgan fingerprint density at radius 1 is 1.28 bits per heavy atom. The number of amides is 2. The van der Waals surface area contributed by atoms with E-state index >= 15 is 0 Å². The predicted molar refractivity (Wildman–Crippen MR) is 112 cm³/mol. The Kier molecular flexibility index (Phi) is 6.69. The molecular formula is C20H25ClN4O4. The zero-order valence-electron chi connectivity index (χ0n) is 17.4. The van der Waals surface area contributed by atoms with Crippen molar-refractivity contribution in [1.29, 1.82) is 0 Å². The Morgan fingerprint density at radius 3 is 2.48 bits per heavy atom. The molecule has 0 aliphatic carbocycles. The zero-order valence-corrected chi connectivity index (χ0v) is 18.1. The summed E-state index contributed by atoms with van der Waals surface area (Å²) in [7, 11) is 2.94. The van der Waals surface area contributed by atoms with Gasteiger partial charge in [-0.15, -0.1) is 0 Å². The molecule has 0 aliphatic rings. The minimum Gasteiger partial charge on any atom is -0.453 e. The van der Waals surface area contributed by atoms with Gasteiger partial charge in [0, 0.05) is 29.2 Å². The number of hydrogen-bond acceptors (Lipinski definition) is 5. The predicted octanol–water partition coefficient (Wildman–Crippen LogP) is 3.31. The molecule has 0 spiro atoms. The smallest absolute Gasteiger partial charge is 0.411 e. The Bertz CT molecular complexity index is 995. The fourth-order valence-corrected chi connectivity index (χ4v) is 2.74. The van der Waals surface area contributed by atoms with Crippen LogP contribution in [0.4, 0.5) is 10.5 Å². The van der Waals surface area contributed by atoms with Gasteiger partial charge in [0.2, 0.25) is 5.91 Å². The largest absolute Gasteiger partial charge is 0.453 e. The summed E-state index contributed by atoms with van der Waals surface area (Å²) in [5.41, 5.74) is 0.479. The molecule has 0 saturated heterocycles. The molecule has 2 amide bonds. The third-order valence-corrected chi connectivity index (χ3v) is 4.79. The number of aromatic nitrogens is 2. The molecule has 8 nitrogen and oxygen atoms in total. The van der Waals surface area contributed by atoms with Crippen LogP contribution in [-0.2, 0) is 16.1 Å². The van der Waals surface area contributed by atoms with Gasteiger partial charge < -0.3 is 9.64 Å². The highest BCUT2D eigenvalue weighted by atomic mass is 35.5. The number of nitrogens with zero attached hydrogens (tertiary/aromatic N) is 3. The van der Waals surface area contributed by atoms with Crippen LogP contribution in [0.15, 0.2) is 29.1 Å². The van der Waals surface area contributed by atoms with Crippen molar-refractivity contribution in [3.8, 4) is 11.3 Å². The Morgan fingerprint density at radius 2 is 1.93 bits per heavy atom. The lowest BCUT2D eigenvalue weighted by molar-refractivity contribution is -0.134. The highest BCUT2D eigenvalue weighted by Crippen LogP contribution is 2.29. The van der Waals surface area contributed by atoms with Crippen molar-refractivity contribution < 1.29 is 14.3 Å². The first-order valence-electron chi connectivity index (χ1n) is 8.94. The van der Waals surface area contributed by atoms with Gasteiger partial charge in [-0.05, 0) is 45.9 Å². The molecule has 0 unspecified atom stereocenters. The third-order valence-electron chi connectivity index (χ3n) is 4.55. The summed E-state index contributed by atoms with van der Waals surface area (Å²) in [4.78, 5) is 42.9. The molecule has 156 valence electrons. The van der Waals surface area contributed by atoms with E-state index in [0.717, 1.165) is 0 Å². The molecule has 1 aromatic carbocycles. The minimum atomic E-state index is -0.672. The monoisotopic (exact) mass is 420 g/mol. The first-order valence-corrected chi connectivity index (χ1v) is 9.32. The SMILES string of the molecule is COC(=O)Nc1cc(Cl)ccc1-c1cc(=O)n(CC(=O)N(C)C(C)(C)C)c(C)n1. The Hall–Kier alpha value is -2.87. The van der Waals surface area contributed by atoms with Crippen molar-refractivity contribution >= 4 is 29.3 Å². The first-order chi connectivity index (χ1) is 13.4. The minimum absolute atomic E-state index is 0.112. The van der Waals surface area contributed by atoms with Crippen molar-refractivity contribution in [3.05, 3.63) is 45.5 Å². The second kappa shape index (κ2) is 8.65. The number of carbonyl (C=O) groups excluding carboxylic acids is 2. The van der Waals surface area contributed by atoms with Crippen LogP contribution in [0.25, 0.3) is 11.3 Å². The summed E-state index contributed by atoms with van der Waals surface area (Å²) >= 11 is 6.02. The van der Waals surface area contributed by atoms with Gasteiger partial charge in [-0.2, -0.15) is 0 Å². The normalized spacial score (nSPS) is 11.1. The molecule has 1 heterocycles. The van der Waals surface area contributed by atoms with Gasteiger partial charge in [0.15, 0.2) is 0 Å². The maximum absolute atomic E-state index is 12.7. The molecular weight excluding hydrogens is 396 g/mol. The van der Waals surface area contributed by atoms with E-state index in [9.17, 15) is 14.4 Å². The van der Waals surface area contributed by atoms with Crippen LogP contribution in [0.2, 0.25) is 5.02 Å². The van der Waals surface area contributed by atoms with Crippen molar-refractivity contribution in [3.63, 3.8) is 0 Å². The average molecular weight is 421 g/mol. The second-order valence-corrected chi connectivity index (χ2v) is 7.98. The molecule has 29 heavy (non-hydrogen) atoms. The number of methoxy groups -OCH3 is 1. The van der Waals surface area contributed by atoms with Crippen molar-refractivity contribution in [2.45, 2.75) is 39.8 Å². The maximum Gasteiger partial charge on any atom is 0.411 e. The van der Waals surface area contributed by atoms with Gasteiger partial charge in [0.1, 0.15) is 12.4 Å². The fourth-order valence-electron chi connectivity index (χ4n) is 2.57. The summed E-state index contributed by atoms with van der Waals surface area (Å²) in [6.07, 6.45) is -0.672. The van der Waals surface area contributed by atoms with Gasteiger partial charge >= 0.3 is 6.09 Å². The molecule has 1 aromatic heterocycles. The van der Waals surface area contributed by atoms with Gasteiger partial charge in [0.05, 0.1) is 18.5 Å². The van der Waals surface area contributed by atoms with E-state index in [1.807, 2.05) is 20.8 Å². The van der Waals surface area contributed by atoms with Gasteiger partial charge in [-0.25, -0.2) is 9.78 Å². The fraction of sp³-hybridized carbons (Fsp3) is 0.400. The third kappa shape index (κ3) is 5.35. The van der Waals surface area contributed by atoms with Crippen LogP contribution >= 0.6 is 11.6 Å². The standard InChI is InChI=1S/C20H25ClN4O4/c1-12-22-16(14-8-7-13(21)9-15(14)23-19(28)29-6)10-17(26)25(12)11-18(27)24(5)20(2,3)4/h7-10H,11H2,1-6H3,(H,23,28). The molecule has 0 saturated carbocycles. The number of benzene rings is 1. The molecule has 0 aliphatic heterocycles. The Balaban J connectivity index is 2.43. The lowest BCUT2D eigenvalue weighted by atomic mass is 10.1. The van der Waals surface area contributed by atoms with E-state index in [1.165, 1.54) is 23.8 Å².